The van der Waals surface area contributed by atoms with E-state index in [2.05, 4.69) is 10.4 Å². The maximum Gasteiger partial charge on any atom is 0.0750 e. The lowest BCUT2D eigenvalue weighted by atomic mass is 10.00. The van der Waals surface area contributed by atoms with Crippen molar-refractivity contribution in [2.24, 2.45) is 16.3 Å². The van der Waals surface area contributed by atoms with Crippen LogP contribution in [0.15, 0.2) is 40.7 Å². The van der Waals surface area contributed by atoms with Crippen LogP contribution in [-0.4, -0.2) is 17.4 Å². The van der Waals surface area contributed by atoms with Gasteiger partial charge in [0.05, 0.1) is 17.5 Å². The van der Waals surface area contributed by atoms with Gasteiger partial charge < -0.3 is 0 Å². The molecule has 0 amide bonds. The first kappa shape index (κ1) is 8.87. The molecular formula is C10H11N3O. The third kappa shape index (κ3) is 1.51. The molecule has 4 nitrogen and oxygen atoms in total. The van der Waals surface area contributed by atoms with Gasteiger partial charge in [-0.05, 0) is 5.56 Å². The minimum absolute atomic E-state index is 0.259. The Morgan fingerprint density at radius 1 is 1.43 bits per heavy atom. The molecule has 0 N–H and O–H groups in total. The van der Waals surface area contributed by atoms with Crippen LogP contribution in [0.5, 0.6) is 0 Å². The standard InChI is InChI=1S/C10H11N3O/c1-8-7-13(12-14)11-10(8)9-5-3-2-4-6-9/h2-6,8H,7H2,1H3. The average molecular weight is 189 g/mol. The molecule has 1 aliphatic heterocycles. The molecule has 72 valence electrons. The third-order valence-electron chi connectivity index (χ3n) is 2.29. The quantitative estimate of drug-likeness (QED) is 0.668. The SMILES string of the molecule is CC1CN(N=O)N=C1c1ccccc1. The van der Waals surface area contributed by atoms with Crippen molar-refractivity contribution in [2.75, 3.05) is 6.54 Å². The Labute approximate surface area is 82.2 Å². The summed E-state index contributed by atoms with van der Waals surface area (Å²) in [7, 11) is 0. The summed E-state index contributed by atoms with van der Waals surface area (Å²) in [5.74, 6) is 0.259. The number of benzene rings is 1. The molecular weight excluding hydrogens is 178 g/mol. The first-order valence-electron chi connectivity index (χ1n) is 4.56. The van der Waals surface area contributed by atoms with Crippen LogP contribution in [0.2, 0.25) is 0 Å². The molecule has 1 unspecified atom stereocenters. The molecule has 1 aromatic carbocycles. The lowest BCUT2D eigenvalue weighted by Gasteiger charge is -2.03. The van der Waals surface area contributed by atoms with Crippen molar-refractivity contribution >= 4 is 5.71 Å². The Hall–Kier alpha value is -1.71. The second-order valence-corrected chi connectivity index (χ2v) is 3.39. The smallest absolute Gasteiger partial charge is 0.0750 e. The Kier molecular flexibility index (Phi) is 2.26. The van der Waals surface area contributed by atoms with Crippen LogP contribution in [0.4, 0.5) is 0 Å². The van der Waals surface area contributed by atoms with Gasteiger partial charge in [-0.3, -0.25) is 0 Å². The summed E-state index contributed by atoms with van der Waals surface area (Å²) in [4.78, 5) is 10.3. The number of nitrogens with zero attached hydrogens (tertiary/aromatic N) is 3. The zero-order chi connectivity index (χ0) is 9.97. The number of rotatable bonds is 2. The highest BCUT2D eigenvalue weighted by Crippen LogP contribution is 2.18. The zero-order valence-corrected chi connectivity index (χ0v) is 7.92. The van der Waals surface area contributed by atoms with Gasteiger partial charge in [-0.2, -0.15) is 5.10 Å². The van der Waals surface area contributed by atoms with Crippen LogP contribution in [0.3, 0.4) is 0 Å². The van der Waals surface area contributed by atoms with Crippen molar-refractivity contribution in [1.29, 1.82) is 0 Å². The summed E-state index contributed by atoms with van der Waals surface area (Å²) in [6.07, 6.45) is 0. The van der Waals surface area contributed by atoms with Crippen molar-refractivity contribution in [1.82, 2.24) is 5.12 Å². The molecule has 0 aliphatic carbocycles. The van der Waals surface area contributed by atoms with E-state index in [9.17, 15) is 4.91 Å². The Bertz CT molecular complexity index is 361. The number of hydrogen-bond acceptors (Lipinski definition) is 3. The van der Waals surface area contributed by atoms with Crippen LogP contribution in [-0.2, 0) is 0 Å². The summed E-state index contributed by atoms with van der Waals surface area (Å²) < 4.78 is 0. The van der Waals surface area contributed by atoms with Gasteiger partial charge in [0, 0.05) is 5.92 Å². The van der Waals surface area contributed by atoms with Crippen LogP contribution in [0.25, 0.3) is 0 Å². The highest BCUT2D eigenvalue weighted by molar-refractivity contribution is 6.02. The molecule has 0 fully saturated rings. The molecule has 1 heterocycles. The maximum absolute atomic E-state index is 10.3. The monoisotopic (exact) mass is 189 g/mol. The van der Waals surface area contributed by atoms with E-state index < -0.39 is 0 Å². The van der Waals surface area contributed by atoms with Gasteiger partial charge in [0.2, 0.25) is 0 Å². The highest BCUT2D eigenvalue weighted by atomic mass is 16.3. The molecule has 14 heavy (non-hydrogen) atoms. The average Bonchev–Trinajstić information content (AvgIpc) is 2.61. The van der Waals surface area contributed by atoms with Crippen LogP contribution >= 0.6 is 0 Å². The van der Waals surface area contributed by atoms with E-state index in [0.29, 0.717) is 6.54 Å². The molecule has 0 saturated heterocycles. The predicted molar refractivity (Wildman–Crippen MR) is 54.6 cm³/mol. The van der Waals surface area contributed by atoms with Crippen molar-refractivity contribution in [3.05, 3.63) is 40.8 Å². The minimum Gasteiger partial charge on any atom is -0.157 e. The Morgan fingerprint density at radius 3 is 2.71 bits per heavy atom. The lowest BCUT2D eigenvalue weighted by Crippen LogP contribution is -2.13. The number of nitroso groups, excluding NO2 is 1. The molecule has 1 atom stereocenters. The molecule has 0 saturated carbocycles. The highest BCUT2D eigenvalue weighted by Gasteiger charge is 2.24. The van der Waals surface area contributed by atoms with Crippen LogP contribution < -0.4 is 0 Å². The van der Waals surface area contributed by atoms with E-state index in [0.717, 1.165) is 11.3 Å². The van der Waals surface area contributed by atoms with Crippen molar-refractivity contribution in [3.8, 4) is 0 Å². The van der Waals surface area contributed by atoms with Gasteiger partial charge in [0.1, 0.15) is 0 Å². The summed E-state index contributed by atoms with van der Waals surface area (Å²) >= 11 is 0. The first-order valence-corrected chi connectivity index (χ1v) is 4.56. The summed E-state index contributed by atoms with van der Waals surface area (Å²) in [6.45, 7) is 2.62. The molecule has 4 heteroatoms. The second kappa shape index (κ2) is 3.57. The first-order chi connectivity index (χ1) is 6.81. The molecule has 1 aliphatic rings. The predicted octanol–water partition coefficient (Wildman–Crippen LogP) is 2.02. The topological polar surface area (TPSA) is 45.0 Å². The van der Waals surface area contributed by atoms with Gasteiger partial charge >= 0.3 is 0 Å². The van der Waals surface area contributed by atoms with Crippen molar-refractivity contribution in [3.63, 3.8) is 0 Å². The zero-order valence-electron chi connectivity index (χ0n) is 7.92. The largest absolute Gasteiger partial charge is 0.157 e. The van der Waals surface area contributed by atoms with Crippen molar-refractivity contribution in [2.45, 2.75) is 6.92 Å². The van der Waals surface area contributed by atoms with Crippen molar-refractivity contribution < 1.29 is 0 Å². The normalized spacial score (nSPS) is 20.8. The third-order valence-corrected chi connectivity index (χ3v) is 2.29. The lowest BCUT2D eigenvalue weighted by molar-refractivity contribution is 0.312. The molecule has 0 aromatic heterocycles. The number of hydrogen-bond donors (Lipinski definition) is 0. The number of hydrazone groups is 1. The minimum atomic E-state index is 0.259. The molecule has 0 radical (unpaired) electrons. The fourth-order valence-electron chi connectivity index (χ4n) is 1.60. The van der Waals surface area contributed by atoms with Crippen LogP contribution in [0, 0.1) is 10.8 Å². The van der Waals surface area contributed by atoms with E-state index in [-0.39, 0.29) is 5.92 Å². The van der Waals surface area contributed by atoms with E-state index in [1.54, 1.807) is 0 Å². The maximum atomic E-state index is 10.3. The Morgan fingerprint density at radius 2 is 2.14 bits per heavy atom. The van der Waals surface area contributed by atoms with Gasteiger partial charge in [-0.1, -0.05) is 37.3 Å². The van der Waals surface area contributed by atoms with E-state index in [1.165, 1.54) is 5.12 Å². The summed E-state index contributed by atoms with van der Waals surface area (Å²) in [6, 6.07) is 9.86. The van der Waals surface area contributed by atoms with E-state index in [4.69, 9.17) is 0 Å². The Balaban J connectivity index is 2.31. The second-order valence-electron chi connectivity index (χ2n) is 3.39. The van der Waals surface area contributed by atoms with Gasteiger partial charge in [-0.15, -0.1) is 10.0 Å². The fourth-order valence-corrected chi connectivity index (χ4v) is 1.60. The summed E-state index contributed by atoms with van der Waals surface area (Å²) in [5.41, 5.74) is 2.00. The molecule has 2 rings (SSSR count). The van der Waals surface area contributed by atoms with Gasteiger partial charge in [-0.25, -0.2) is 0 Å². The molecule has 0 spiro atoms. The van der Waals surface area contributed by atoms with Gasteiger partial charge in [0.15, 0.2) is 0 Å². The molecule has 1 aromatic rings. The summed E-state index contributed by atoms with van der Waals surface area (Å²) in [5, 5.41) is 8.14. The van der Waals surface area contributed by atoms with E-state index in [1.807, 2.05) is 37.3 Å². The van der Waals surface area contributed by atoms with E-state index >= 15 is 0 Å². The fraction of sp³-hybridized carbons (Fsp3) is 0.300. The molecule has 0 bridgehead atoms. The van der Waals surface area contributed by atoms with Gasteiger partial charge in [0.25, 0.3) is 0 Å². The van der Waals surface area contributed by atoms with Crippen LogP contribution in [0.1, 0.15) is 12.5 Å².